The number of aliphatic hydroxyl groups is 1. The predicted octanol–water partition coefficient (Wildman–Crippen LogP) is 1.83. The normalized spacial score (nSPS) is 18.9. The van der Waals surface area contributed by atoms with Gasteiger partial charge in [0.15, 0.2) is 17.6 Å². The zero-order valence-electron chi connectivity index (χ0n) is 15.1. The number of benzene rings is 1. The molecular weight excluding hydrogens is 360 g/mol. The van der Waals surface area contributed by atoms with E-state index in [-0.39, 0.29) is 11.9 Å². The summed E-state index contributed by atoms with van der Waals surface area (Å²) in [6.45, 7) is 0. The summed E-state index contributed by atoms with van der Waals surface area (Å²) in [5.74, 6) is 0.403. The number of fused-ring (bicyclic) bond motifs is 2. The number of oxazole rings is 1. The number of anilines is 1. The summed E-state index contributed by atoms with van der Waals surface area (Å²) in [7, 11) is 1.78. The number of hydrogen-bond acceptors (Lipinski definition) is 7. The average molecular weight is 378 g/mol. The van der Waals surface area contributed by atoms with Crippen molar-refractivity contribution in [3.05, 3.63) is 42.4 Å². The molecule has 1 fully saturated rings. The lowest BCUT2D eigenvalue weighted by Gasteiger charge is -2.32. The SMILES string of the molecule is CNc1cc(-c2ccc3ocnc3c2)nc2c(C(=O)N[C@@H]3CC[C@@H]3O)cnn12. The zero-order chi connectivity index (χ0) is 19.3. The van der Waals surface area contributed by atoms with Crippen molar-refractivity contribution in [3.63, 3.8) is 0 Å². The molecule has 1 aliphatic carbocycles. The van der Waals surface area contributed by atoms with Gasteiger partial charge in [-0.2, -0.15) is 9.61 Å². The highest BCUT2D eigenvalue weighted by molar-refractivity contribution is 6.00. The van der Waals surface area contributed by atoms with Crippen LogP contribution < -0.4 is 10.6 Å². The number of carbonyl (C=O) groups is 1. The van der Waals surface area contributed by atoms with Crippen LogP contribution in [0, 0.1) is 0 Å². The molecule has 0 unspecified atom stereocenters. The largest absolute Gasteiger partial charge is 0.443 e. The topological polar surface area (TPSA) is 118 Å². The minimum Gasteiger partial charge on any atom is -0.443 e. The van der Waals surface area contributed by atoms with Crippen molar-refractivity contribution >= 4 is 28.5 Å². The van der Waals surface area contributed by atoms with E-state index in [1.807, 2.05) is 24.3 Å². The lowest BCUT2D eigenvalue weighted by Crippen LogP contribution is -2.50. The first-order valence-corrected chi connectivity index (χ1v) is 9.03. The Hall–Kier alpha value is -3.46. The molecule has 1 aliphatic rings. The van der Waals surface area contributed by atoms with Gasteiger partial charge in [-0.05, 0) is 31.0 Å². The molecule has 1 saturated carbocycles. The second-order valence-electron chi connectivity index (χ2n) is 6.83. The minimum atomic E-state index is -0.489. The molecule has 9 nitrogen and oxygen atoms in total. The molecule has 3 N–H and O–H groups in total. The van der Waals surface area contributed by atoms with Gasteiger partial charge in [-0.1, -0.05) is 0 Å². The number of nitrogens with zero attached hydrogens (tertiary/aromatic N) is 4. The third kappa shape index (κ3) is 2.59. The van der Waals surface area contributed by atoms with Crippen molar-refractivity contribution in [2.24, 2.45) is 0 Å². The molecule has 1 aromatic carbocycles. The van der Waals surface area contributed by atoms with Gasteiger partial charge in [0.05, 0.1) is 24.0 Å². The number of nitrogens with one attached hydrogen (secondary N) is 2. The number of carbonyl (C=O) groups excluding carboxylic acids is 1. The highest BCUT2D eigenvalue weighted by Crippen LogP contribution is 2.27. The van der Waals surface area contributed by atoms with Crippen molar-refractivity contribution in [1.82, 2.24) is 24.9 Å². The fourth-order valence-electron chi connectivity index (χ4n) is 3.36. The first-order valence-electron chi connectivity index (χ1n) is 9.03. The maximum Gasteiger partial charge on any atom is 0.257 e. The second-order valence-corrected chi connectivity index (χ2v) is 6.83. The van der Waals surface area contributed by atoms with E-state index in [0.29, 0.717) is 34.7 Å². The van der Waals surface area contributed by atoms with Crippen molar-refractivity contribution < 1.29 is 14.3 Å². The smallest absolute Gasteiger partial charge is 0.257 e. The van der Waals surface area contributed by atoms with Gasteiger partial charge in [-0.3, -0.25) is 4.79 Å². The van der Waals surface area contributed by atoms with E-state index in [1.54, 1.807) is 11.6 Å². The molecule has 0 spiro atoms. The lowest BCUT2D eigenvalue weighted by molar-refractivity contribution is 0.0448. The Kier molecular flexibility index (Phi) is 3.76. The first kappa shape index (κ1) is 16.7. The predicted molar refractivity (Wildman–Crippen MR) is 102 cm³/mol. The van der Waals surface area contributed by atoms with Crippen LogP contribution in [0.4, 0.5) is 5.82 Å². The summed E-state index contributed by atoms with van der Waals surface area (Å²) in [6, 6.07) is 7.26. The number of aliphatic hydroxyl groups excluding tert-OH is 1. The molecular formula is C19H18N6O3. The Morgan fingerprint density at radius 1 is 1.32 bits per heavy atom. The van der Waals surface area contributed by atoms with Gasteiger partial charge in [0.1, 0.15) is 16.9 Å². The fourth-order valence-corrected chi connectivity index (χ4v) is 3.36. The quantitative estimate of drug-likeness (QED) is 0.496. The molecule has 0 bridgehead atoms. The molecule has 1 amide bonds. The van der Waals surface area contributed by atoms with Gasteiger partial charge < -0.3 is 20.2 Å². The molecule has 3 aromatic heterocycles. The van der Waals surface area contributed by atoms with Crippen molar-refractivity contribution in [2.75, 3.05) is 12.4 Å². The van der Waals surface area contributed by atoms with E-state index in [0.717, 1.165) is 17.5 Å². The van der Waals surface area contributed by atoms with Crippen LogP contribution >= 0.6 is 0 Å². The highest BCUT2D eigenvalue weighted by atomic mass is 16.3. The van der Waals surface area contributed by atoms with E-state index in [1.165, 1.54) is 12.6 Å². The third-order valence-corrected chi connectivity index (χ3v) is 5.15. The second kappa shape index (κ2) is 6.31. The van der Waals surface area contributed by atoms with Crippen LogP contribution in [0.3, 0.4) is 0 Å². The van der Waals surface area contributed by atoms with Crippen LogP contribution in [-0.2, 0) is 0 Å². The van der Waals surface area contributed by atoms with E-state index >= 15 is 0 Å². The van der Waals surface area contributed by atoms with Crippen LogP contribution in [0.15, 0.2) is 41.3 Å². The molecule has 0 aliphatic heterocycles. The molecule has 0 saturated heterocycles. The van der Waals surface area contributed by atoms with Gasteiger partial charge in [0.2, 0.25) is 0 Å². The molecule has 142 valence electrons. The zero-order valence-corrected chi connectivity index (χ0v) is 15.1. The summed E-state index contributed by atoms with van der Waals surface area (Å²) in [5.41, 5.74) is 3.76. The summed E-state index contributed by atoms with van der Waals surface area (Å²) in [5, 5.41) is 20.0. The van der Waals surface area contributed by atoms with Gasteiger partial charge in [0, 0.05) is 18.7 Å². The maximum atomic E-state index is 12.7. The lowest BCUT2D eigenvalue weighted by atomic mass is 9.89. The Balaban J connectivity index is 1.59. The molecule has 4 aromatic rings. The molecule has 28 heavy (non-hydrogen) atoms. The summed E-state index contributed by atoms with van der Waals surface area (Å²) < 4.78 is 6.88. The number of rotatable bonds is 4. The van der Waals surface area contributed by atoms with Crippen molar-refractivity contribution in [1.29, 1.82) is 0 Å². The van der Waals surface area contributed by atoms with Crippen LogP contribution in [0.25, 0.3) is 28.0 Å². The first-order chi connectivity index (χ1) is 13.6. The van der Waals surface area contributed by atoms with Crippen LogP contribution in [0.1, 0.15) is 23.2 Å². The van der Waals surface area contributed by atoms with Gasteiger partial charge in [-0.15, -0.1) is 0 Å². The summed E-state index contributed by atoms with van der Waals surface area (Å²) in [4.78, 5) is 21.6. The van der Waals surface area contributed by atoms with Gasteiger partial charge in [-0.25, -0.2) is 9.97 Å². The summed E-state index contributed by atoms with van der Waals surface area (Å²) >= 11 is 0. The Morgan fingerprint density at radius 3 is 2.96 bits per heavy atom. The van der Waals surface area contributed by atoms with Crippen LogP contribution in [0.2, 0.25) is 0 Å². The number of amides is 1. The van der Waals surface area contributed by atoms with Gasteiger partial charge >= 0.3 is 0 Å². The van der Waals surface area contributed by atoms with E-state index < -0.39 is 6.10 Å². The molecule has 9 heteroatoms. The molecule has 0 radical (unpaired) electrons. The van der Waals surface area contributed by atoms with Crippen LogP contribution in [-0.4, -0.2) is 49.8 Å². The highest BCUT2D eigenvalue weighted by Gasteiger charge is 2.31. The molecule has 5 rings (SSSR count). The molecule has 2 atom stereocenters. The Labute approximate surface area is 159 Å². The third-order valence-electron chi connectivity index (χ3n) is 5.15. The maximum absolute atomic E-state index is 12.7. The van der Waals surface area contributed by atoms with Crippen molar-refractivity contribution in [2.45, 2.75) is 25.0 Å². The van der Waals surface area contributed by atoms with E-state index in [2.05, 4.69) is 25.7 Å². The minimum absolute atomic E-state index is 0.219. The van der Waals surface area contributed by atoms with E-state index in [4.69, 9.17) is 4.42 Å². The van der Waals surface area contributed by atoms with Gasteiger partial charge in [0.25, 0.3) is 5.91 Å². The average Bonchev–Trinajstić information content (AvgIpc) is 3.36. The van der Waals surface area contributed by atoms with Crippen LogP contribution in [0.5, 0.6) is 0 Å². The Bertz CT molecular complexity index is 1200. The Morgan fingerprint density at radius 2 is 2.21 bits per heavy atom. The monoisotopic (exact) mass is 378 g/mol. The van der Waals surface area contributed by atoms with E-state index in [9.17, 15) is 9.90 Å². The number of aromatic nitrogens is 4. The molecule has 3 heterocycles. The summed E-state index contributed by atoms with van der Waals surface area (Å²) in [6.07, 6.45) is 3.88. The fraction of sp³-hybridized carbons (Fsp3) is 0.263. The standard InChI is InChI=1S/C19H18N6O3/c1-20-17-7-13(10-2-5-16-14(6-10)21-9-28-16)23-18-11(8-22-25(17)18)19(27)24-12-3-4-15(12)26/h2,5-9,12,15,20,26H,3-4H2,1H3,(H,24,27)/t12-,15+/m1/s1. The number of hydrogen-bond donors (Lipinski definition) is 3. The van der Waals surface area contributed by atoms with Crippen molar-refractivity contribution in [3.8, 4) is 11.3 Å².